The topological polar surface area (TPSA) is 102 Å². The third-order valence-corrected chi connectivity index (χ3v) is 10.2. The Morgan fingerprint density at radius 1 is 1.14 bits per heavy atom. The summed E-state index contributed by atoms with van der Waals surface area (Å²) in [5.41, 5.74) is 6.98. The second-order valence-corrected chi connectivity index (χ2v) is 13.7. The van der Waals surface area contributed by atoms with Gasteiger partial charge in [0.15, 0.2) is 0 Å². The highest BCUT2D eigenvalue weighted by atomic mass is 32.1. The van der Waals surface area contributed by atoms with Gasteiger partial charge in [-0.15, -0.1) is 11.3 Å². The fourth-order valence-electron chi connectivity index (χ4n) is 6.49. The number of piperidine rings is 1. The summed E-state index contributed by atoms with van der Waals surface area (Å²) in [6.45, 7) is 14.4. The Balaban J connectivity index is 1.11. The van der Waals surface area contributed by atoms with Crippen molar-refractivity contribution in [2.24, 2.45) is 0 Å². The minimum Gasteiger partial charge on any atom is -0.387 e. The lowest BCUT2D eigenvalue weighted by Crippen LogP contribution is -2.39. The molecule has 1 unspecified atom stereocenters. The normalized spacial score (nSPS) is 15.0. The molecule has 1 saturated heterocycles. The maximum absolute atomic E-state index is 13.0. The van der Waals surface area contributed by atoms with Gasteiger partial charge < -0.3 is 20.3 Å². The van der Waals surface area contributed by atoms with Crippen molar-refractivity contribution < 1.29 is 18.3 Å². The molecule has 12 heteroatoms. The number of thiophene rings is 1. The quantitative estimate of drug-likeness (QED) is 0.121. The van der Waals surface area contributed by atoms with Gasteiger partial charge in [0.05, 0.1) is 24.5 Å². The lowest BCUT2D eigenvalue weighted by Gasteiger charge is -2.33. The first-order valence-corrected chi connectivity index (χ1v) is 16.9. The van der Waals surface area contributed by atoms with Crippen LogP contribution in [0.15, 0.2) is 73.7 Å². The number of aliphatic hydroxyl groups is 1. The van der Waals surface area contributed by atoms with Crippen molar-refractivity contribution in [2.45, 2.75) is 64.5 Å². The van der Waals surface area contributed by atoms with Crippen LogP contribution < -0.4 is 10.6 Å². The molecule has 6 rings (SSSR count). The number of anilines is 2. The summed E-state index contributed by atoms with van der Waals surface area (Å²) in [5, 5.41) is 29.5. The Morgan fingerprint density at radius 3 is 2.61 bits per heavy atom. The number of rotatable bonds is 11. The predicted octanol–water partition coefficient (Wildman–Crippen LogP) is 8.16. The fraction of sp³-hybridized carbons (Fsp3) is 0.324. The van der Waals surface area contributed by atoms with Gasteiger partial charge in [0.25, 0.3) is 0 Å². The minimum absolute atomic E-state index is 0.144. The summed E-state index contributed by atoms with van der Waals surface area (Å²) in [6.07, 6.45) is -1.29. The molecular formula is C37H38F3N7OS. The molecule has 8 nitrogen and oxygen atoms in total. The summed E-state index contributed by atoms with van der Waals surface area (Å²) in [4.78, 5) is 11.7. The van der Waals surface area contributed by atoms with Gasteiger partial charge in [-0.3, -0.25) is 4.90 Å². The molecule has 4 heterocycles. The van der Waals surface area contributed by atoms with E-state index in [-0.39, 0.29) is 17.5 Å². The van der Waals surface area contributed by atoms with E-state index in [2.05, 4.69) is 57.7 Å². The molecule has 1 atom stereocenters. The predicted molar refractivity (Wildman–Crippen MR) is 190 cm³/mol. The molecule has 0 saturated carbocycles. The number of hydrogen-bond donors (Lipinski definition) is 3. The number of aromatic nitrogens is 3. The first kappa shape index (κ1) is 34.2. The molecule has 1 fully saturated rings. The molecule has 254 valence electrons. The summed E-state index contributed by atoms with van der Waals surface area (Å²) < 4.78 is 40.8. The first-order valence-electron chi connectivity index (χ1n) is 16.1. The smallest absolute Gasteiger partial charge is 0.387 e. The number of nitrogens with zero attached hydrogens (tertiary/aromatic N) is 5. The molecule has 0 radical (unpaired) electrons. The average molecular weight is 686 g/mol. The van der Waals surface area contributed by atoms with Crippen LogP contribution in [0.2, 0.25) is 0 Å². The molecule has 0 spiro atoms. The highest BCUT2D eigenvalue weighted by Crippen LogP contribution is 2.34. The summed E-state index contributed by atoms with van der Waals surface area (Å²) in [7, 11) is 0. The maximum Gasteiger partial charge on any atom is 0.393 e. The molecule has 2 aromatic carbocycles. The number of aryl methyl sites for hydroxylation is 2. The second kappa shape index (κ2) is 14.0. The largest absolute Gasteiger partial charge is 0.393 e. The fourth-order valence-corrected chi connectivity index (χ4v) is 7.52. The Labute approximate surface area is 287 Å². The monoisotopic (exact) mass is 685 g/mol. The lowest BCUT2D eigenvalue weighted by molar-refractivity contribution is -0.126. The Bertz CT molecular complexity index is 2070. The number of allylic oxidation sites excluding steroid dienone is 1. The van der Waals surface area contributed by atoms with E-state index in [1.165, 1.54) is 11.9 Å². The average Bonchev–Trinajstić information content (AvgIpc) is 3.64. The molecular weight excluding hydrogens is 648 g/mol. The number of alkyl halides is 3. The van der Waals surface area contributed by atoms with Crippen LogP contribution in [0.25, 0.3) is 21.1 Å². The van der Waals surface area contributed by atoms with E-state index >= 15 is 0 Å². The first-order chi connectivity index (χ1) is 23.4. The number of nitriles is 1. The molecule has 1 aliphatic rings. The number of aliphatic hydroxyl groups excluding tert-OH is 1. The summed E-state index contributed by atoms with van der Waals surface area (Å²) >= 11 is 1.05. The van der Waals surface area contributed by atoms with Gasteiger partial charge >= 0.3 is 6.18 Å². The van der Waals surface area contributed by atoms with Crippen LogP contribution in [0.3, 0.4) is 0 Å². The SMILES string of the molecule is C=CC(=C)Nc1ccc(C(O)Cn2c(C#N)cc3c(C)c(CN4CCC(Nc5ncnc6sc(CC(F)(F)F)cc56)CC4)ccc32)cc1C. The second-order valence-electron chi connectivity index (χ2n) is 12.6. The number of nitrogens with one attached hydrogen (secondary N) is 2. The van der Waals surface area contributed by atoms with E-state index < -0.39 is 18.7 Å². The zero-order valence-electron chi connectivity index (χ0n) is 27.4. The molecule has 3 aromatic heterocycles. The van der Waals surface area contributed by atoms with Crippen molar-refractivity contribution in [1.82, 2.24) is 19.4 Å². The van der Waals surface area contributed by atoms with Crippen molar-refractivity contribution in [3.8, 4) is 6.07 Å². The van der Waals surface area contributed by atoms with Crippen molar-refractivity contribution >= 4 is 44.0 Å². The molecule has 3 N–H and O–H groups in total. The third-order valence-electron chi connectivity index (χ3n) is 9.19. The molecule has 0 aliphatic carbocycles. The summed E-state index contributed by atoms with van der Waals surface area (Å²) in [6, 6.07) is 15.8. The summed E-state index contributed by atoms with van der Waals surface area (Å²) in [5.74, 6) is 0.580. The van der Waals surface area contributed by atoms with Crippen LogP contribution in [-0.4, -0.2) is 49.8 Å². The van der Waals surface area contributed by atoms with Crippen molar-refractivity contribution in [3.05, 3.63) is 107 Å². The Hall–Kier alpha value is -4.70. The Kier molecular flexibility index (Phi) is 9.79. The van der Waals surface area contributed by atoms with Crippen LogP contribution in [0, 0.1) is 25.2 Å². The van der Waals surface area contributed by atoms with E-state index in [1.807, 2.05) is 41.8 Å². The van der Waals surface area contributed by atoms with Crippen LogP contribution in [-0.2, 0) is 19.5 Å². The van der Waals surface area contributed by atoms with Gasteiger partial charge in [-0.05, 0) is 79.3 Å². The van der Waals surface area contributed by atoms with E-state index in [0.29, 0.717) is 27.4 Å². The number of fused-ring (bicyclic) bond motifs is 2. The highest BCUT2D eigenvalue weighted by Gasteiger charge is 2.29. The number of likely N-dealkylation sites (tertiary alicyclic amines) is 1. The van der Waals surface area contributed by atoms with E-state index in [1.54, 1.807) is 12.1 Å². The number of hydrogen-bond acceptors (Lipinski definition) is 8. The molecule has 5 aromatic rings. The molecule has 0 bridgehead atoms. The molecule has 0 amide bonds. The minimum atomic E-state index is -4.27. The molecule has 1 aliphatic heterocycles. The van der Waals surface area contributed by atoms with Crippen molar-refractivity contribution in [3.63, 3.8) is 0 Å². The van der Waals surface area contributed by atoms with Crippen LogP contribution in [0.4, 0.5) is 24.7 Å². The van der Waals surface area contributed by atoms with Gasteiger partial charge in [0.1, 0.15) is 28.7 Å². The van der Waals surface area contributed by atoms with Crippen molar-refractivity contribution in [1.29, 1.82) is 5.26 Å². The lowest BCUT2D eigenvalue weighted by atomic mass is 10.0. The highest BCUT2D eigenvalue weighted by molar-refractivity contribution is 7.18. The third kappa shape index (κ3) is 7.64. The van der Waals surface area contributed by atoms with Crippen LogP contribution >= 0.6 is 11.3 Å². The van der Waals surface area contributed by atoms with Crippen LogP contribution in [0.5, 0.6) is 0 Å². The zero-order chi connectivity index (χ0) is 34.9. The van der Waals surface area contributed by atoms with E-state index in [0.717, 1.165) is 77.1 Å². The van der Waals surface area contributed by atoms with E-state index in [4.69, 9.17) is 0 Å². The maximum atomic E-state index is 13.0. The van der Waals surface area contributed by atoms with Crippen LogP contribution in [0.1, 0.15) is 51.8 Å². The van der Waals surface area contributed by atoms with Gasteiger partial charge in [0.2, 0.25) is 0 Å². The Morgan fingerprint density at radius 2 is 1.92 bits per heavy atom. The molecule has 49 heavy (non-hydrogen) atoms. The number of halogens is 3. The van der Waals surface area contributed by atoms with Gasteiger partial charge in [-0.1, -0.05) is 31.4 Å². The van der Waals surface area contributed by atoms with Crippen molar-refractivity contribution in [2.75, 3.05) is 23.7 Å². The van der Waals surface area contributed by atoms with Gasteiger partial charge in [0, 0.05) is 52.8 Å². The van der Waals surface area contributed by atoms with Gasteiger partial charge in [-0.25, -0.2) is 9.97 Å². The number of benzene rings is 2. The standard InChI is InChI=1S/C37H38F3N7OS/c1-5-23(3)44-32-8-6-25(14-22(32)2)34(48)20-47-28(18-41)15-30-24(4)26(7-9-33(30)47)19-46-12-10-27(11-13-46)45-35-31-16-29(17-37(38,39)40)49-36(31)43-21-42-35/h5-9,14-16,21,27,34,44,48H,1,3,10-13,17,19-20H2,2,4H3,(H,42,43,45). The van der Waals surface area contributed by atoms with Gasteiger partial charge in [-0.2, -0.15) is 18.4 Å². The zero-order valence-corrected chi connectivity index (χ0v) is 28.3. The van der Waals surface area contributed by atoms with E-state index in [9.17, 15) is 23.5 Å².